The van der Waals surface area contributed by atoms with Crippen LogP contribution < -0.4 is 15.0 Å². The number of amides is 2. The van der Waals surface area contributed by atoms with Crippen molar-refractivity contribution in [3.05, 3.63) is 46.6 Å². The average Bonchev–Trinajstić information content (AvgIpc) is 2.52. The van der Waals surface area contributed by atoms with E-state index in [0.717, 1.165) is 10.0 Å². The van der Waals surface area contributed by atoms with Gasteiger partial charge in [0.1, 0.15) is 18.1 Å². The number of carbonyl (C=O) groups excluding carboxylic acids is 2. The van der Waals surface area contributed by atoms with Gasteiger partial charge in [0, 0.05) is 10.7 Å². The van der Waals surface area contributed by atoms with E-state index in [-0.39, 0.29) is 25.0 Å². The number of carbonyl (C=O) groups is 2. The Labute approximate surface area is 141 Å². The normalized spacial score (nSPS) is 13.3. The Morgan fingerprint density at radius 1 is 1.43 bits per heavy atom. The summed E-state index contributed by atoms with van der Waals surface area (Å²) in [6.45, 7) is 1.68. The van der Waals surface area contributed by atoms with E-state index in [0.29, 0.717) is 17.3 Å². The molecule has 0 aliphatic carbocycles. The molecule has 0 unspecified atom stereocenters. The summed E-state index contributed by atoms with van der Waals surface area (Å²) in [5, 5.41) is 2.73. The zero-order valence-electron chi connectivity index (χ0n) is 12.4. The topological polar surface area (TPSA) is 71.5 Å². The Bertz CT molecular complexity index is 779. The zero-order valence-corrected chi connectivity index (χ0v) is 14.0. The molecule has 2 heterocycles. The number of ether oxygens (including phenoxy) is 1. The summed E-state index contributed by atoms with van der Waals surface area (Å²) in [5.74, 6) is 0.499. The standard InChI is InChI=1S/C16H14BrN3O3/c1-10-3-2-6-18-16(10)19-14(21)8-20-12-5-4-11(17)7-13(12)23-9-15(20)22/h2-7H,8-9H2,1H3,(H,18,19,21). The fourth-order valence-corrected chi connectivity index (χ4v) is 2.62. The largest absolute Gasteiger partial charge is 0.482 e. The zero-order chi connectivity index (χ0) is 16.4. The lowest BCUT2D eigenvalue weighted by molar-refractivity contribution is -0.123. The molecular formula is C16H14BrN3O3. The molecule has 0 radical (unpaired) electrons. The van der Waals surface area contributed by atoms with Gasteiger partial charge in [0.05, 0.1) is 5.69 Å². The van der Waals surface area contributed by atoms with Crippen molar-refractivity contribution < 1.29 is 14.3 Å². The first-order chi connectivity index (χ1) is 11.0. The molecule has 2 aromatic rings. The van der Waals surface area contributed by atoms with Crippen molar-refractivity contribution in [2.75, 3.05) is 23.4 Å². The Morgan fingerprint density at radius 3 is 3.04 bits per heavy atom. The molecular weight excluding hydrogens is 362 g/mol. The number of hydrogen-bond acceptors (Lipinski definition) is 4. The van der Waals surface area contributed by atoms with Crippen LogP contribution in [0, 0.1) is 6.92 Å². The van der Waals surface area contributed by atoms with Crippen LogP contribution in [0.25, 0.3) is 0 Å². The number of pyridine rings is 1. The highest BCUT2D eigenvalue weighted by atomic mass is 79.9. The van der Waals surface area contributed by atoms with Crippen molar-refractivity contribution >= 4 is 39.2 Å². The van der Waals surface area contributed by atoms with E-state index >= 15 is 0 Å². The summed E-state index contributed by atoms with van der Waals surface area (Å²) in [5.41, 5.74) is 1.44. The third-order valence-electron chi connectivity index (χ3n) is 3.43. The molecule has 23 heavy (non-hydrogen) atoms. The summed E-state index contributed by atoms with van der Waals surface area (Å²) < 4.78 is 6.25. The van der Waals surface area contributed by atoms with E-state index in [9.17, 15) is 9.59 Å². The summed E-state index contributed by atoms with van der Waals surface area (Å²) in [7, 11) is 0. The molecule has 0 fully saturated rings. The second-order valence-corrected chi connectivity index (χ2v) is 6.01. The number of anilines is 2. The molecule has 0 saturated heterocycles. The minimum Gasteiger partial charge on any atom is -0.482 e. The molecule has 6 nitrogen and oxygen atoms in total. The monoisotopic (exact) mass is 375 g/mol. The molecule has 7 heteroatoms. The van der Waals surface area contributed by atoms with E-state index in [1.165, 1.54) is 4.90 Å². The lowest BCUT2D eigenvalue weighted by Gasteiger charge is -2.29. The molecule has 1 N–H and O–H groups in total. The summed E-state index contributed by atoms with van der Waals surface area (Å²) in [4.78, 5) is 29.9. The molecule has 0 bridgehead atoms. The molecule has 1 aromatic heterocycles. The number of fused-ring (bicyclic) bond motifs is 1. The van der Waals surface area contributed by atoms with Gasteiger partial charge in [-0.25, -0.2) is 4.98 Å². The van der Waals surface area contributed by atoms with Crippen LogP contribution in [0.4, 0.5) is 11.5 Å². The fraction of sp³-hybridized carbons (Fsp3) is 0.188. The van der Waals surface area contributed by atoms with Gasteiger partial charge in [0.15, 0.2) is 6.61 Å². The van der Waals surface area contributed by atoms with Gasteiger partial charge in [-0.2, -0.15) is 0 Å². The molecule has 2 amide bonds. The highest BCUT2D eigenvalue weighted by molar-refractivity contribution is 9.10. The predicted molar refractivity (Wildman–Crippen MR) is 89.6 cm³/mol. The smallest absolute Gasteiger partial charge is 0.265 e. The van der Waals surface area contributed by atoms with Gasteiger partial charge in [0.25, 0.3) is 5.91 Å². The van der Waals surface area contributed by atoms with Gasteiger partial charge >= 0.3 is 0 Å². The quantitative estimate of drug-likeness (QED) is 0.894. The van der Waals surface area contributed by atoms with Crippen molar-refractivity contribution in [1.82, 2.24) is 4.98 Å². The van der Waals surface area contributed by atoms with E-state index < -0.39 is 0 Å². The van der Waals surface area contributed by atoms with Crippen LogP contribution in [-0.2, 0) is 9.59 Å². The number of aryl methyl sites for hydroxylation is 1. The van der Waals surface area contributed by atoms with Crippen LogP contribution in [-0.4, -0.2) is 29.9 Å². The van der Waals surface area contributed by atoms with E-state index in [4.69, 9.17) is 4.74 Å². The Hall–Kier alpha value is -2.41. The lowest BCUT2D eigenvalue weighted by Crippen LogP contribution is -2.43. The van der Waals surface area contributed by atoms with Gasteiger partial charge < -0.3 is 10.1 Å². The van der Waals surface area contributed by atoms with Gasteiger partial charge in [-0.05, 0) is 36.8 Å². The fourth-order valence-electron chi connectivity index (χ4n) is 2.28. The minimum atomic E-state index is -0.309. The first-order valence-electron chi connectivity index (χ1n) is 6.99. The number of hydrogen-bond donors (Lipinski definition) is 1. The summed E-state index contributed by atoms with van der Waals surface area (Å²) in [6.07, 6.45) is 1.61. The van der Waals surface area contributed by atoms with Crippen LogP contribution in [0.2, 0.25) is 0 Å². The number of aromatic nitrogens is 1. The molecule has 0 atom stereocenters. The maximum atomic E-state index is 12.3. The minimum absolute atomic E-state index is 0.0840. The van der Waals surface area contributed by atoms with Crippen molar-refractivity contribution in [3.8, 4) is 5.75 Å². The van der Waals surface area contributed by atoms with Crippen LogP contribution in [0.5, 0.6) is 5.75 Å². The average molecular weight is 376 g/mol. The second kappa shape index (κ2) is 6.37. The number of nitrogens with one attached hydrogen (secondary N) is 1. The third kappa shape index (κ3) is 3.34. The number of halogens is 1. The lowest BCUT2D eigenvalue weighted by atomic mass is 10.2. The van der Waals surface area contributed by atoms with Gasteiger partial charge in [-0.3, -0.25) is 14.5 Å². The summed E-state index contributed by atoms with van der Waals surface area (Å²) >= 11 is 3.36. The van der Waals surface area contributed by atoms with Gasteiger partial charge in [-0.15, -0.1) is 0 Å². The highest BCUT2D eigenvalue weighted by Crippen LogP contribution is 2.34. The molecule has 1 aliphatic heterocycles. The van der Waals surface area contributed by atoms with Crippen molar-refractivity contribution in [3.63, 3.8) is 0 Å². The van der Waals surface area contributed by atoms with Crippen molar-refractivity contribution in [2.24, 2.45) is 0 Å². The van der Waals surface area contributed by atoms with E-state index in [1.807, 2.05) is 13.0 Å². The first-order valence-corrected chi connectivity index (χ1v) is 7.78. The molecule has 3 rings (SSSR count). The van der Waals surface area contributed by atoms with Crippen LogP contribution in [0.15, 0.2) is 41.0 Å². The third-order valence-corrected chi connectivity index (χ3v) is 3.93. The molecule has 1 aromatic carbocycles. The van der Waals surface area contributed by atoms with Gasteiger partial charge in [-0.1, -0.05) is 22.0 Å². The van der Waals surface area contributed by atoms with Crippen molar-refractivity contribution in [2.45, 2.75) is 6.92 Å². The number of nitrogens with zero attached hydrogens (tertiary/aromatic N) is 2. The van der Waals surface area contributed by atoms with E-state index in [2.05, 4.69) is 26.2 Å². The van der Waals surface area contributed by atoms with Gasteiger partial charge in [0.2, 0.25) is 5.91 Å². The maximum absolute atomic E-state index is 12.3. The Morgan fingerprint density at radius 2 is 2.26 bits per heavy atom. The molecule has 1 aliphatic rings. The van der Waals surface area contributed by atoms with E-state index in [1.54, 1.807) is 30.5 Å². The Kier molecular flexibility index (Phi) is 4.29. The number of benzene rings is 1. The predicted octanol–water partition coefficient (Wildman–Crippen LogP) is 2.52. The maximum Gasteiger partial charge on any atom is 0.265 e. The van der Waals surface area contributed by atoms with Crippen LogP contribution >= 0.6 is 15.9 Å². The van der Waals surface area contributed by atoms with Crippen molar-refractivity contribution in [1.29, 1.82) is 0 Å². The van der Waals surface area contributed by atoms with Crippen LogP contribution in [0.1, 0.15) is 5.56 Å². The van der Waals surface area contributed by atoms with Crippen LogP contribution in [0.3, 0.4) is 0 Å². The summed E-state index contributed by atoms with van der Waals surface area (Å²) in [6, 6.07) is 8.97. The second-order valence-electron chi connectivity index (χ2n) is 5.10. The first kappa shape index (κ1) is 15.5. The molecule has 0 spiro atoms. The molecule has 0 saturated carbocycles. The molecule has 118 valence electrons. The Balaban J connectivity index is 1.78. The SMILES string of the molecule is Cc1cccnc1NC(=O)CN1C(=O)COc2cc(Br)ccc21. The number of rotatable bonds is 3. The highest BCUT2D eigenvalue weighted by Gasteiger charge is 2.27.